The second-order valence-electron chi connectivity index (χ2n) is 4.41. The van der Waals surface area contributed by atoms with Crippen molar-refractivity contribution in [3.63, 3.8) is 0 Å². The zero-order valence-corrected chi connectivity index (χ0v) is 10.2. The molecule has 0 saturated carbocycles. The van der Waals surface area contributed by atoms with E-state index in [1.165, 1.54) is 4.90 Å². The van der Waals surface area contributed by atoms with Gasteiger partial charge in [0.2, 0.25) is 0 Å². The summed E-state index contributed by atoms with van der Waals surface area (Å²) < 4.78 is 1.54. The first-order valence-corrected chi connectivity index (χ1v) is 5.96. The number of anilines is 1. The van der Waals surface area contributed by atoms with Crippen molar-refractivity contribution in [3.8, 4) is 0 Å². The Hall–Kier alpha value is -1.76. The molecular weight excluding hydrogens is 260 g/mol. The van der Waals surface area contributed by atoms with Gasteiger partial charge < -0.3 is 14.9 Å². The highest BCUT2D eigenvalue weighted by molar-refractivity contribution is 6.29. The van der Waals surface area contributed by atoms with Crippen molar-refractivity contribution in [3.05, 3.63) is 21.7 Å². The van der Waals surface area contributed by atoms with Gasteiger partial charge in [0.15, 0.2) is 0 Å². The average molecular weight is 271 g/mol. The fourth-order valence-electron chi connectivity index (χ4n) is 2.57. The zero-order chi connectivity index (χ0) is 12.9. The fraction of sp³-hybridized carbons (Fsp3) is 0.500. The van der Waals surface area contributed by atoms with Crippen molar-refractivity contribution in [1.29, 1.82) is 0 Å². The Balaban J connectivity index is 1.94. The topological polar surface area (TPSA) is 78.7 Å². The number of halogens is 1. The van der Waals surface area contributed by atoms with Crippen LogP contribution < -0.4 is 10.6 Å². The van der Waals surface area contributed by atoms with Gasteiger partial charge in [0, 0.05) is 25.7 Å². The maximum absolute atomic E-state index is 11.7. The van der Waals surface area contributed by atoms with Gasteiger partial charge >= 0.3 is 11.8 Å². The van der Waals surface area contributed by atoms with E-state index in [9.17, 15) is 9.59 Å². The van der Waals surface area contributed by atoms with Gasteiger partial charge in [-0.15, -0.1) is 0 Å². The van der Waals surface area contributed by atoms with Crippen LogP contribution in [0, 0.1) is 0 Å². The number of carboxylic acid groups (broad SMARTS) is 1. The van der Waals surface area contributed by atoms with Gasteiger partial charge in [-0.1, -0.05) is 11.6 Å². The van der Waals surface area contributed by atoms with Gasteiger partial charge in [-0.05, 0) is 0 Å². The number of fused-ring (bicyclic) bond motifs is 3. The molecule has 7 nitrogen and oxygen atoms in total. The number of amides is 1. The molecule has 2 aliphatic rings. The monoisotopic (exact) mass is 270 g/mol. The molecule has 96 valence electrons. The third kappa shape index (κ3) is 1.62. The van der Waals surface area contributed by atoms with Gasteiger partial charge in [-0.25, -0.2) is 9.59 Å². The number of hydrogen-bond acceptors (Lipinski definition) is 4. The molecule has 0 aliphatic carbocycles. The molecule has 1 saturated heterocycles. The van der Waals surface area contributed by atoms with Gasteiger partial charge in [-0.2, -0.15) is 4.98 Å². The van der Waals surface area contributed by atoms with E-state index in [-0.39, 0.29) is 16.9 Å². The minimum atomic E-state index is -0.922. The van der Waals surface area contributed by atoms with E-state index in [2.05, 4.69) is 4.98 Å². The van der Waals surface area contributed by atoms with Crippen LogP contribution in [-0.4, -0.2) is 51.3 Å². The van der Waals surface area contributed by atoms with E-state index < -0.39 is 6.09 Å². The summed E-state index contributed by atoms with van der Waals surface area (Å²) in [6, 6.07) is 1.64. The molecule has 8 heteroatoms. The van der Waals surface area contributed by atoms with Crippen molar-refractivity contribution < 1.29 is 9.90 Å². The van der Waals surface area contributed by atoms with E-state index in [1.54, 1.807) is 10.6 Å². The quantitative estimate of drug-likeness (QED) is 0.676. The minimum Gasteiger partial charge on any atom is -0.465 e. The first-order chi connectivity index (χ1) is 8.56. The molecule has 0 radical (unpaired) electrons. The van der Waals surface area contributed by atoms with Crippen LogP contribution >= 0.6 is 11.6 Å². The summed E-state index contributed by atoms with van der Waals surface area (Å²) in [5, 5.41) is 9.15. The lowest BCUT2D eigenvalue weighted by molar-refractivity contribution is 0.135. The van der Waals surface area contributed by atoms with Gasteiger partial charge in [0.05, 0.1) is 12.6 Å². The van der Waals surface area contributed by atoms with Crippen molar-refractivity contribution in [1.82, 2.24) is 14.5 Å². The molecule has 1 atom stereocenters. The Kier molecular flexibility index (Phi) is 2.44. The van der Waals surface area contributed by atoms with E-state index in [0.717, 1.165) is 5.82 Å². The van der Waals surface area contributed by atoms with E-state index in [1.807, 2.05) is 4.90 Å². The van der Waals surface area contributed by atoms with E-state index in [0.29, 0.717) is 26.2 Å². The predicted octanol–water partition coefficient (Wildman–Crippen LogP) is 0.0789. The number of rotatable bonds is 0. The molecule has 2 aliphatic heterocycles. The van der Waals surface area contributed by atoms with Crippen LogP contribution in [0.4, 0.5) is 10.6 Å². The summed E-state index contributed by atoms with van der Waals surface area (Å²) in [5.41, 5.74) is -0.381. The number of carbonyl (C=O) groups is 1. The Morgan fingerprint density at radius 1 is 1.44 bits per heavy atom. The predicted molar refractivity (Wildman–Crippen MR) is 64.2 cm³/mol. The SMILES string of the molecule is O=C(O)N1CCN2c3cc(Cl)nc(=O)n3CC2C1. The normalized spacial score (nSPS) is 21.7. The second-order valence-corrected chi connectivity index (χ2v) is 4.79. The van der Waals surface area contributed by atoms with Crippen LogP contribution in [-0.2, 0) is 6.54 Å². The largest absolute Gasteiger partial charge is 0.465 e. The minimum absolute atomic E-state index is 0.0113. The highest BCUT2D eigenvalue weighted by Gasteiger charge is 2.36. The molecule has 1 N–H and O–H groups in total. The Labute approximate surface area is 107 Å². The molecule has 1 fully saturated rings. The van der Waals surface area contributed by atoms with Crippen LogP contribution in [0.5, 0.6) is 0 Å². The van der Waals surface area contributed by atoms with Crippen molar-refractivity contribution in [2.75, 3.05) is 24.5 Å². The lowest BCUT2D eigenvalue weighted by Gasteiger charge is -2.36. The maximum atomic E-state index is 11.7. The maximum Gasteiger partial charge on any atom is 0.407 e. The number of aromatic nitrogens is 2. The van der Waals surface area contributed by atoms with Crippen molar-refractivity contribution in [2.45, 2.75) is 12.6 Å². The number of piperazine rings is 1. The van der Waals surface area contributed by atoms with Crippen LogP contribution in [0.25, 0.3) is 0 Å². The average Bonchev–Trinajstić information content (AvgIpc) is 2.67. The number of nitrogens with zero attached hydrogens (tertiary/aromatic N) is 4. The molecule has 1 aromatic heterocycles. The Morgan fingerprint density at radius 3 is 2.94 bits per heavy atom. The first kappa shape index (κ1) is 11.3. The van der Waals surface area contributed by atoms with E-state index >= 15 is 0 Å². The molecule has 0 bridgehead atoms. The summed E-state index contributed by atoms with van der Waals surface area (Å²) in [6.45, 7) is 1.85. The molecule has 0 spiro atoms. The smallest absolute Gasteiger partial charge is 0.407 e. The van der Waals surface area contributed by atoms with Crippen molar-refractivity contribution in [2.24, 2.45) is 0 Å². The third-order valence-corrected chi connectivity index (χ3v) is 3.59. The summed E-state index contributed by atoms with van der Waals surface area (Å²) in [4.78, 5) is 29.7. The molecule has 1 unspecified atom stereocenters. The van der Waals surface area contributed by atoms with Crippen molar-refractivity contribution >= 4 is 23.5 Å². The Bertz CT molecular complexity index is 573. The lowest BCUT2D eigenvalue weighted by atomic mass is 10.2. The number of hydrogen-bond donors (Lipinski definition) is 1. The molecule has 1 aromatic rings. The molecule has 1 amide bonds. The zero-order valence-electron chi connectivity index (χ0n) is 9.41. The highest BCUT2D eigenvalue weighted by atomic mass is 35.5. The summed E-state index contributed by atoms with van der Waals surface area (Å²) in [6.07, 6.45) is -0.922. The van der Waals surface area contributed by atoms with Crippen LogP contribution in [0.15, 0.2) is 10.9 Å². The van der Waals surface area contributed by atoms with Crippen LogP contribution in [0.2, 0.25) is 5.15 Å². The molecule has 0 aromatic carbocycles. The van der Waals surface area contributed by atoms with Crippen LogP contribution in [0.3, 0.4) is 0 Å². The van der Waals surface area contributed by atoms with E-state index in [4.69, 9.17) is 16.7 Å². The first-order valence-electron chi connectivity index (χ1n) is 5.58. The summed E-state index contributed by atoms with van der Waals surface area (Å²) in [5.74, 6) is 0.732. The standard InChI is InChI=1S/C10H11ClN4O3/c11-7-3-8-14-2-1-13(10(17)18)4-6(14)5-15(8)9(16)12-7/h3,6H,1-2,4-5H2,(H,17,18). The summed E-state index contributed by atoms with van der Waals surface area (Å²) in [7, 11) is 0. The highest BCUT2D eigenvalue weighted by Crippen LogP contribution is 2.28. The lowest BCUT2D eigenvalue weighted by Crippen LogP contribution is -2.53. The molecule has 3 heterocycles. The molecule has 3 rings (SSSR count). The molecular formula is C10H11ClN4O3. The third-order valence-electron chi connectivity index (χ3n) is 3.40. The summed E-state index contributed by atoms with van der Waals surface area (Å²) >= 11 is 5.78. The molecule has 18 heavy (non-hydrogen) atoms. The van der Waals surface area contributed by atoms with Gasteiger partial charge in [0.25, 0.3) is 0 Å². The fourth-order valence-corrected chi connectivity index (χ4v) is 2.74. The Morgan fingerprint density at radius 2 is 2.22 bits per heavy atom. The van der Waals surface area contributed by atoms with Gasteiger partial charge in [0.1, 0.15) is 11.0 Å². The van der Waals surface area contributed by atoms with Crippen LogP contribution in [0.1, 0.15) is 0 Å². The van der Waals surface area contributed by atoms with Gasteiger partial charge in [-0.3, -0.25) is 4.57 Å². The second kappa shape index (κ2) is 3.88.